The van der Waals surface area contributed by atoms with Crippen LogP contribution in [-0.2, 0) is 0 Å². The van der Waals surface area contributed by atoms with Crippen molar-refractivity contribution >= 4 is 23.3 Å². The maximum absolute atomic E-state index is 12.0. The van der Waals surface area contributed by atoms with E-state index in [0.29, 0.717) is 23.7 Å². The summed E-state index contributed by atoms with van der Waals surface area (Å²) in [5.74, 6) is 0. The van der Waals surface area contributed by atoms with Crippen LogP contribution in [0.5, 0.6) is 0 Å². The third-order valence-electron chi connectivity index (χ3n) is 2.68. The summed E-state index contributed by atoms with van der Waals surface area (Å²) in [6, 6.07) is 5.04. The monoisotopic (exact) mass is 286 g/mol. The van der Waals surface area contributed by atoms with Gasteiger partial charge >= 0.3 is 6.03 Å². The summed E-state index contributed by atoms with van der Waals surface area (Å²) in [4.78, 5) is 13.5. The molecule has 0 unspecified atom stereocenters. The zero-order valence-electron chi connectivity index (χ0n) is 10.9. The summed E-state index contributed by atoms with van der Waals surface area (Å²) >= 11 is 6.10. The minimum Gasteiger partial charge on any atom is -0.396 e. The second-order valence-corrected chi connectivity index (χ2v) is 4.53. The molecule has 1 aromatic carbocycles. The van der Waals surface area contributed by atoms with Crippen molar-refractivity contribution in [3.63, 3.8) is 0 Å². The lowest BCUT2D eigenvalue weighted by Gasteiger charge is -2.22. The average molecular weight is 287 g/mol. The number of urea groups is 1. The summed E-state index contributed by atoms with van der Waals surface area (Å²) in [6.07, 6.45) is 0.467. The Labute approximate surface area is 117 Å². The first-order chi connectivity index (χ1) is 9.10. The van der Waals surface area contributed by atoms with E-state index < -0.39 is 0 Å². The third-order valence-corrected chi connectivity index (χ3v) is 3.18. The molecule has 106 valence electrons. The van der Waals surface area contributed by atoms with Gasteiger partial charge in [-0.15, -0.1) is 0 Å². The number of amides is 2. The Morgan fingerprint density at radius 1 is 1.32 bits per heavy atom. The van der Waals surface area contributed by atoms with Crippen LogP contribution in [0.15, 0.2) is 18.2 Å². The third kappa shape index (κ3) is 4.70. The van der Waals surface area contributed by atoms with Crippen molar-refractivity contribution in [1.82, 2.24) is 4.90 Å². The number of aliphatic hydroxyl groups excluding tert-OH is 2. The smallest absolute Gasteiger partial charge is 0.321 e. The molecule has 6 heteroatoms. The van der Waals surface area contributed by atoms with Gasteiger partial charge in [-0.25, -0.2) is 4.79 Å². The van der Waals surface area contributed by atoms with Crippen LogP contribution in [0.3, 0.4) is 0 Å². The van der Waals surface area contributed by atoms with Crippen LogP contribution in [-0.4, -0.2) is 47.4 Å². The van der Waals surface area contributed by atoms with E-state index in [-0.39, 0.29) is 25.8 Å². The van der Waals surface area contributed by atoms with Crippen molar-refractivity contribution < 1.29 is 15.0 Å². The van der Waals surface area contributed by atoms with E-state index in [2.05, 4.69) is 5.32 Å². The Bertz CT molecular complexity index is 426. The Hall–Kier alpha value is -1.30. The Balaban J connectivity index is 2.72. The first-order valence-corrected chi connectivity index (χ1v) is 6.50. The number of benzene rings is 1. The lowest BCUT2D eigenvalue weighted by atomic mass is 10.2. The predicted octanol–water partition coefficient (Wildman–Crippen LogP) is 1.86. The van der Waals surface area contributed by atoms with Crippen molar-refractivity contribution in [2.24, 2.45) is 0 Å². The van der Waals surface area contributed by atoms with E-state index in [1.807, 2.05) is 13.0 Å². The SMILES string of the molecule is Cc1cccc(NC(=O)N(CCO)CCCO)c1Cl. The van der Waals surface area contributed by atoms with Crippen molar-refractivity contribution in [1.29, 1.82) is 0 Å². The van der Waals surface area contributed by atoms with Crippen LogP contribution in [0.4, 0.5) is 10.5 Å². The van der Waals surface area contributed by atoms with E-state index in [9.17, 15) is 4.79 Å². The van der Waals surface area contributed by atoms with Crippen molar-refractivity contribution in [2.75, 3.05) is 31.6 Å². The number of nitrogens with zero attached hydrogens (tertiary/aromatic N) is 1. The summed E-state index contributed by atoms with van der Waals surface area (Å²) < 4.78 is 0. The molecule has 0 aromatic heterocycles. The molecule has 1 aromatic rings. The van der Waals surface area contributed by atoms with Crippen molar-refractivity contribution in [3.05, 3.63) is 28.8 Å². The van der Waals surface area contributed by atoms with Gasteiger partial charge in [0.05, 0.1) is 17.3 Å². The highest BCUT2D eigenvalue weighted by Crippen LogP contribution is 2.25. The molecule has 0 aliphatic rings. The molecular weight excluding hydrogens is 268 g/mol. The second kappa shape index (κ2) is 7.99. The normalized spacial score (nSPS) is 10.3. The highest BCUT2D eigenvalue weighted by molar-refractivity contribution is 6.34. The van der Waals surface area contributed by atoms with Crippen LogP contribution in [0.1, 0.15) is 12.0 Å². The molecule has 0 fully saturated rings. The number of aliphatic hydroxyl groups is 2. The molecule has 5 nitrogen and oxygen atoms in total. The Kier molecular flexibility index (Phi) is 6.62. The number of halogens is 1. The summed E-state index contributed by atoms with van der Waals surface area (Å²) in [7, 11) is 0. The molecule has 1 rings (SSSR count). The fourth-order valence-electron chi connectivity index (χ4n) is 1.64. The minimum atomic E-state index is -0.338. The zero-order valence-corrected chi connectivity index (χ0v) is 11.7. The van der Waals surface area contributed by atoms with Crippen LogP contribution in [0.2, 0.25) is 5.02 Å². The maximum Gasteiger partial charge on any atom is 0.321 e. The zero-order chi connectivity index (χ0) is 14.3. The molecular formula is C13H19ClN2O3. The standard InChI is InChI=1S/C13H19ClN2O3/c1-10-4-2-5-11(12(10)14)15-13(19)16(7-9-18)6-3-8-17/h2,4-5,17-18H,3,6-9H2,1H3,(H,15,19). The lowest BCUT2D eigenvalue weighted by molar-refractivity contribution is 0.180. The second-order valence-electron chi connectivity index (χ2n) is 4.15. The quantitative estimate of drug-likeness (QED) is 0.747. The minimum absolute atomic E-state index is 0.000407. The van der Waals surface area contributed by atoms with Gasteiger partial charge in [0.15, 0.2) is 0 Å². The Morgan fingerprint density at radius 2 is 2.05 bits per heavy atom. The topological polar surface area (TPSA) is 72.8 Å². The average Bonchev–Trinajstić information content (AvgIpc) is 2.39. The maximum atomic E-state index is 12.0. The molecule has 0 bridgehead atoms. The van der Waals surface area contributed by atoms with Gasteiger partial charge in [0.2, 0.25) is 0 Å². The van der Waals surface area contributed by atoms with Gasteiger partial charge in [0.1, 0.15) is 0 Å². The number of anilines is 1. The van der Waals surface area contributed by atoms with Gasteiger partial charge in [-0.05, 0) is 25.0 Å². The van der Waals surface area contributed by atoms with Crippen molar-refractivity contribution in [3.8, 4) is 0 Å². The van der Waals surface area contributed by atoms with E-state index in [4.69, 9.17) is 21.8 Å². The molecule has 0 radical (unpaired) electrons. The first-order valence-electron chi connectivity index (χ1n) is 6.13. The lowest BCUT2D eigenvalue weighted by Crippen LogP contribution is -2.38. The number of aryl methyl sites for hydroxylation is 1. The summed E-state index contributed by atoms with van der Waals surface area (Å²) in [6.45, 7) is 2.33. The number of hydrogen-bond donors (Lipinski definition) is 3. The molecule has 19 heavy (non-hydrogen) atoms. The molecule has 0 atom stereocenters. The highest BCUT2D eigenvalue weighted by Gasteiger charge is 2.14. The Morgan fingerprint density at radius 3 is 2.68 bits per heavy atom. The number of carbonyl (C=O) groups is 1. The van der Waals surface area contributed by atoms with Crippen LogP contribution < -0.4 is 5.32 Å². The molecule has 0 heterocycles. The van der Waals surface area contributed by atoms with Gasteiger partial charge in [0, 0.05) is 19.7 Å². The number of rotatable bonds is 6. The summed E-state index contributed by atoms with van der Waals surface area (Å²) in [5.41, 5.74) is 1.42. The van der Waals surface area contributed by atoms with Gasteiger partial charge < -0.3 is 20.4 Å². The predicted molar refractivity (Wildman–Crippen MR) is 75.6 cm³/mol. The molecule has 0 spiro atoms. The van der Waals surface area contributed by atoms with E-state index in [1.54, 1.807) is 12.1 Å². The van der Waals surface area contributed by atoms with E-state index >= 15 is 0 Å². The van der Waals surface area contributed by atoms with Crippen LogP contribution >= 0.6 is 11.6 Å². The molecule has 0 aliphatic carbocycles. The largest absolute Gasteiger partial charge is 0.396 e. The van der Waals surface area contributed by atoms with Crippen molar-refractivity contribution in [2.45, 2.75) is 13.3 Å². The number of hydrogen-bond acceptors (Lipinski definition) is 3. The molecule has 2 amide bonds. The van der Waals surface area contributed by atoms with Gasteiger partial charge in [-0.1, -0.05) is 23.7 Å². The fourth-order valence-corrected chi connectivity index (χ4v) is 1.81. The number of nitrogens with one attached hydrogen (secondary N) is 1. The number of carbonyl (C=O) groups excluding carboxylic acids is 1. The molecule has 3 N–H and O–H groups in total. The van der Waals surface area contributed by atoms with E-state index in [1.165, 1.54) is 4.90 Å². The fraction of sp³-hybridized carbons (Fsp3) is 0.462. The van der Waals surface area contributed by atoms with Gasteiger partial charge in [0.25, 0.3) is 0 Å². The summed E-state index contributed by atoms with van der Waals surface area (Å²) in [5, 5.41) is 20.9. The highest BCUT2D eigenvalue weighted by atomic mass is 35.5. The van der Waals surface area contributed by atoms with Crippen LogP contribution in [0.25, 0.3) is 0 Å². The molecule has 0 aliphatic heterocycles. The van der Waals surface area contributed by atoms with E-state index in [0.717, 1.165) is 5.56 Å². The van der Waals surface area contributed by atoms with Gasteiger partial charge in [-0.2, -0.15) is 0 Å². The molecule has 0 saturated heterocycles. The van der Waals surface area contributed by atoms with Gasteiger partial charge in [-0.3, -0.25) is 0 Å². The molecule has 0 saturated carbocycles. The van der Waals surface area contributed by atoms with Crippen LogP contribution in [0, 0.1) is 6.92 Å². The first kappa shape index (κ1) is 15.8.